The molecule has 0 bridgehead atoms. The van der Waals surface area contributed by atoms with E-state index in [1.54, 1.807) is 4.90 Å². The number of nitrogens with one attached hydrogen (secondary N) is 1. The number of aromatic nitrogens is 4. The zero-order valence-electron chi connectivity index (χ0n) is 14.4. The average Bonchev–Trinajstić information content (AvgIpc) is 3.40. The molecule has 2 fully saturated rings. The molecule has 3 heterocycles. The van der Waals surface area contributed by atoms with Crippen LogP contribution in [0.3, 0.4) is 0 Å². The van der Waals surface area contributed by atoms with Gasteiger partial charge in [-0.2, -0.15) is 4.98 Å². The van der Waals surface area contributed by atoms with E-state index in [4.69, 9.17) is 4.52 Å². The SMILES string of the molecule is O=C(CCn1cc[nH]c(=O)c1=O)N1CCC(c2noc(C3CC3)n2)CC1. The van der Waals surface area contributed by atoms with Crippen LogP contribution in [0.4, 0.5) is 0 Å². The van der Waals surface area contributed by atoms with E-state index >= 15 is 0 Å². The maximum atomic E-state index is 12.4. The van der Waals surface area contributed by atoms with Gasteiger partial charge < -0.3 is 19.0 Å². The minimum atomic E-state index is -0.675. The van der Waals surface area contributed by atoms with Gasteiger partial charge in [0.15, 0.2) is 5.82 Å². The maximum Gasteiger partial charge on any atom is 0.316 e. The molecular formula is C17H21N5O4. The Kier molecular flexibility index (Phi) is 4.44. The highest BCUT2D eigenvalue weighted by atomic mass is 16.5. The quantitative estimate of drug-likeness (QED) is 0.782. The standard InChI is InChI=1S/C17H21N5O4/c23-13(5-9-22-10-6-18-15(24)17(22)25)21-7-3-11(4-8-21)14-19-16(26-20-14)12-1-2-12/h6,10-12H,1-5,7-9H2,(H,18,24). The van der Waals surface area contributed by atoms with Crippen LogP contribution >= 0.6 is 0 Å². The van der Waals surface area contributed by atoms with E-state index in [1.165, 1.54) is 17.0 Å². The number of carbonyl (C=O) groups excluding carboxylic acids is 1. The number of carbonyl (C=O) groups is 1. The summed E-state index contributed by atoms with van der Waals surface area (Å²) in [5, 5.41) is 4.10. The van der Waals surface area contributed by atoms with Crippen molar-refractivity contribution >= 4 is 5.91 Å². The third-order valence-electron chi connectivity index (χ3n) is 5.09. The van der Waals surface area contributed by atoms with Gasteiger partial charge in [0, 0.05) is 50.3 Å². The second-order valence-corrected chi connectivity index (χ2v) is 6.96. The number of H-pyrrole nitrogens is 1. The Labute approximate surface area is 149 Å². The predicted octanol–water partition coefficient (Wildman–Crippen LogP) is 0.593. The summed E-state index contributed by atoms with van der Waals surface area (Å²) in [5.41, 5.74) is -1.31. The van der Waals surface area contributed by atoms with Crippen molar-refractivity contribution in [2.45, 2.75) is 50.5 Å². The van der Waals surface area contributed by atoms with Crippen LogP contribution < -0.4 is 11.1 Å². The second-order valence-electron chi connectivity index (χ2n) is 6.96. The van der Waals surface area contributed by atoms with Gasteiger partial charge >= 0.3 is 11.1 Å². The van der Waals surface area contributed by atoms with Gasteiger partial charge in [-0.25, -0.2) is 0 Å². The molecule has 26 heavy (non-hydrogen) atoms. The van der Waals surface area contributed by atoms with Crippen molar-refractivity contribution < 1.29 is 9.32 Å². The van der Waals surface area contributed by atoms with Crippen LogP contribution in [0.15, 0.2) is 26.5 Å². The van der Waals surface area contributed by atoms with Crippen molar-refractivity contribution in [1.82, 2.24) is 24.6 Å². The highest BCUT2D eigenvalue weighted by Crippen LogP contribution is 2.39. The van der Waals surface area contributed by atoms with Crippen LogP contribution in [-0.4, -0.2) is 43.6 Å². The lowest BCUT2D eigenvalue weighted by atomic mass is 9.96. The summed E-state index contributed by atoms with van der Waals surface area (Å²) in [5.74, 6) is 2.18. The van der Waals surface area contributed by atoms with E-state index in [2.05, 4.69) is 15.1 Å². The van der Waals surface area contributed by atoms with Gasteiger partial charge in [-0.15, -0.1) is 0 Å². The van der Waals surface area contributed by atoms with Crippen LogP contribution in [0, 0.1) is 0 Å². The smallest absolute Gasteiger partial charge is 0.316 e. The summed E-state index contributed by atoms with van der Waals surface area (Å²) >= 11 is 0. The molecule has 1 saturated heterocycles. The number of aromatic amines is 1. The monoisotopic (exact) mass is 359 g/mol. The minimum Gasteiger partial charge on any atom is -0.343 e. The summed E-state index contributed by atoms with van der Waals surface area (Å²) < 4.78 is 6.59. The van der Waals surface area contributed by atoms with Crippen molar-refractivity contribution in [3.8, 4) is 0 Å². The zero-order chi connectivity index (χ0) is 18.1. The molecule has 4 rings (SSSR count). The van der Waals surface area contributed by atoms with Gasteiger partial charge in [0.25, 0.3) is 0 Å². The molecule has 9 heteroatoms. The van der Waals surface area contributed by atoms with Crippen LogP contribution in [-0.2, 0) is 11.3 Å². The van der Waals surface area contributed by atoms with Crippen LogP contribution in [0.5, 0.6) is 0 Å². The van der Waals surface area contributed by atoms with Crippen LogP contribution in [0.2, 0.25) is 0 Å². The fraction of sp³-hybridized carbons (Fsp3) is 0.588. The van der Waals surface area contributed by atoms with E-state index in [0.717, 1.165) is 37.4 Å². The van der Waals surface area contributed by atoms with Crippen LogP contribution in [0.25, 0.3) is 0 Å². The molecule has 2 aromatic heterocycles. The normalized spacial score (nSPS) is 18.2. The molecule has 0 unspecified atom stereocenters. The summed E-state index contributed by atoms with van der Waals surface area (Å²) in [6.07, 6.45) is 6.95. The second kappa shape index (κ2) is 6.89. The Morgan fingerprint density at radius 1 is 1.19 bits per heavy atom. The topological polar surface area (TPSA) is 114 Å². The highest BCUT2D eigenvalue weighted by molar-refractivity contribution is 5.76. The molecule has 0 radical (unpaired) electrons. The third-order valence-corrected chi connectivity index (χ3v) is 5.09. The molecule has 9 nitrogen and oxygen atoms in total. The Morgan fingerprint density at radius 2 is 1.96 bits per heavy atom. The van der Waals surface area contributed by atoms with Gasteiger partial charge in [-0.1, -0.05) is 5.16 Å². The minimum absolute atomic E-state index is 0.0117. The number of nitrogens with zero attached hydrogens (tertiary/aromatic N) is 4. The molecule has 1 aliphatic carbocycles. The number of hydrogen-bond acceptors (Lipinski definition) is 6. The van der Waals surface area contributed by atoms with Crippen molar-refractivity contribution in [2.75, 3.05) is 13.1 Å². The van der Waals surface area contributed by atoms with Gasteiger partial charge in [0.1, 0.15) is 0 Å². The molecule has 1 amide bonds. The van der Waals surface area contributed by atoms with Crippen molar-refractivity contribution in [3.05, 3.63) is 44.8 Å². The summed E-state index contributed by atoms with van der Waals surface area (Å²) in [6, 6.07) is 0. The van der Waals surface area contributed by atoms with Crippen molar-refractivity contribution in [1.29, 1.82) is 0 Å². The summed E-state index contributed by atoms with van der Waals surface area (Å²) in [6.45, 7) is 1.49. The fourth-order valence-corrected chi connectivity index (χ4v) is 3.31. The molecule has 1 N–H and O–H groups in total. The number of amides is 1. The average molecular weight is 359 g/mol. The zero-order valence-corrected chi connectivity index (χ0v) is 14.4. The largest absolute Gasteiger partial charge is 0.343 e. The molecule has 2 aromatic rings. The number of likely N-dealkylation sites (tertiary alicyclic amines) is 1. The Bertz CT molecular complexity index is 902. The molecule has 138 valence electrons. The number of aryl methyl sites for hydroxylation is 1. The van der Waals surface area contributed by atoms with Gasteiger partial charge in [-0.05, 0) is 25.7 Å². The van der Waals surface area contributed by atoms with E-state index in [-0.39, 0.29) is 24.8 Å². The molecule has 1 saturated carbocycles. The van der Waals surface area contributed by atoms with E-state index in [1.807, 2.05) is 0 Å². The summed E-state index contributed by atoms with van der Waals surface area (Å²) in [4.78, 5) is 44.0. The molecule has 0 atom stereocenters. The third kappa shape index (κ3) is 3.47. The first-order chi connectivity index (χ1) is 12.6. The molecule has 1 aliphatic heterocycles. The van der Waals surface area contributed by atoms with E-state index < -0.39 is 11.1 Å². The lowest BCUT2D eigenvalue weighted by molar-refractivity contribution is -0.132. The van der Waals surface area contributed by atoms with E-state index in [0.29, 0.717) is 19.0 Å². The Morgan fingerprint density at radius 3 is 2.69 bits per heavy atom. The Balaban J connectivity index is 1.29. The number of rotatable bonds is 5. The molecular weight excluding hydrogens is 338 g/mol. The van der Waals surface area contributed by atoms with Gasteiger partial charge in [-0.3, -0.25) is 14.4 Å². The summed E-state index contributed by atoms with van der Waals surface area (Å²) in [7, 11) is 0. The lowest BCUT2D eigenvalue weighted by Crippen LogP contribution is -2.40. The number of hydrogen-bond donors (Lipinski definition) is 1. The van der Waals surface area contributed by atoms with Gasteiger partial charge in [0.2, 0.25) is 11.8 Å². The lowest BCUT2D eigenvalue weighted by Gasteiger charge is -2.30. The first-order valence-corrected chi connectivity index (χ1v) is 9.01. The first-order valence-electron chi connectivity index (χ1n) is 9.01. The highest BCUT2D eigenvalue weighted by Gasteiger charge is 2.32. The van der Waals surface area contributed by atoms with Crippen LogP contribution in [0.1, 0.15) is 55.7 Å². The fourth-order valence-electron chi connectivity index (χ4n) is 3.31. The first kappa shape index (κ1) is 16.7. The molecule has 2 aliphatic rings. The van der Waals surface area contributed by atoms with Gasteiger partial charge in [0.05, 0.1) is 0 Å². The van der Waals surface area contributed by atoms with Crippen molar-refractivity contribution in [3.63, 3.8) is 0 Å². The maximum absolute atomic E-state index is 12.4. The van der Waals surface area contributed by atoms with E-state index in [9.17, 15) is 14.4 Å². The molecule has 0 spiro atoms. The van der Waals surface area contributed by atoms with Crippen molar-refractivity contribution in [2.24, 2.45) is 0 Å². The Hall–Kier alpha value is -2.71. The molecule has 0 aromatic carbocycles. The predicted molar refractivity (Wildman–Crippen MR) is 90.8 cm³/mol. The number of piperidine rings is 1.